The van der Waals surface area contributed by atoms with E-state index in [9.17, 15) is 19.1 Å². The molecular formula is C23H20FNO6. The number of halogens is 1. The van der Waals surface area contributed by atoms with E-state index in [1.807, 2.05) is 0 Å². The summed E-state index contributed by atoms with van der Waals surface area (Å²) in [6, 6.07) is 10.6. The second-order valence-electron chi connectivity index (χ2n) is 8.03. The van der Waals surface area contributed by atoms with Gasteiger partial charge in [-0.2, -0.15) is 0 Å². The van der Waals surface area contributed by atoms with Gasteiger partial charge >= 0.3 is 12.1 Å². The molecule has 2 heterocycles. The molecule has 2 aromatic carbocycles. The third-order valence-electron chi connectivity index (χ3n) is 4.60. The average Bonchev–Trinajstić information content (AvgIpc) is 3.26. The predicted molar refractivity (Wildman–Crippen MR) is 111 cm³/mol. The number of benzene rings is 2. The molecule has 0 aliphatic carbocycles. The van der Waals surface area contributed by atoms with Crippen LogP contribution in [0, 0.1) is 5.82 Å². The number of hydrogen-bond donors (Lipinski definition) is 1. The molecule has 0 fully saturated rings. The molecule has 0 spiro atoms. The first kappa shape index (κ1) is 20.5. The zero-order chi connectivity index (χ0) is 22.3. The number of furan rings is 1. The lowest BCUT2D eigenvalue weighted by Crippen LogP contribution is -2.28. The van der Waals surface area contributed by atoms with Crippen molar-refractivity contribution in [1.29, 1.82) is 0 Å². The molecule has 0 aliphatic rings. The number of hydrogen-bond acceptors (Lipinski definition) is 5. The molecule has 0 amide bonds. The molecule has 0 atom stereocenters. The third kappa shape index (κ3) is 3.96. The predicted octanol–water partition coefficient (Wildman–Crippen LogP) is 5.59. The van der Waals surface area contributed by atoms with Crippen LogP contribution in [0.5, 0.6) is 5.75 Å². The van der Waals surface area contributed by atoms with Crippen LogP contribution in [0.3, 0.4) is 0 Å². The zero-order valence-electron chi connectivity index (χ0n) is 17.1. The highest BCUT2D eigenvalue weighted by Crippen LogP contribution is 2.31. The largest absolute Gasteiger partial charge is 0.488 e. The van der Waals surface area contributed by atoms with Crippen molar-refractivity contribution in [3.05, 3.63) is 65.8 Å². The fourth-order valence-corrected chi connectivity index (χ4v) is 3.32. The van der Waals surface area contributed by atoms with Gasteiger partial charge in [-0.3, -0.25) is 0 Å². The number of carboxylic acid groups (broad SMARTS) is 1. The van der Waals surface area contributed by atoms with Gasteiger partial charge in [0, 0.05) is 22.4 Å². The summed E-state index contributed by atoms with van der Waals surface area (Å²) in [6.07, 6.45) is 0.693. The normalized spacial score (nSPS) is 11.7. The first-order valence-electron chi connectivity index (χ1n) is 9.53. The molecule has 8 heteroatoms. The van der Waals surface area contributed by atoms with E-state index in [0.29, 0.717) is 33.2 Å². The quantitative estimate of drug-likeness (QED) is 0.459. The van der Waals surface area contributed by atoms with E-state index in [4.69, 9.17) is 13.9 Å². The summed E-state index contributed by atoms with van der Waals surface area (Å²) in [5.41, 5.74) is 0.435. The number of carbonyl (C=O) groups excluding carboxylic acids is 1. The van der Waals surface area contributed by atoms with E-state index >= 15 is 0 Å². The van der Waals surface area contributed by atoms with Crippen LogP contribution in [0.2, 0.25) is 0 Å². The van der Waals surface area contributed by atoms with Gasteiger partial charge in [0.2, 0.25) is 0 Å². The third-order valence-corrected chi connectivity index (χ3v) is 4.60. The Hall–Kier alpha value is -3.81. The van der Waals surface area contributed by atoms with Crippen LogP contribution >= 0.6 is 0 Å². The van der Waals surface area contributed by atoms with Gasteiger partial charge in [0.05, 0.1) is 11.8 Å². The maximum atomic E-state index is 13.4. The maximum absolute atomic E-state index is 13.4. The van der Waals surface area contributed by atoms with Crippen LogP contribution in [-0.2, 0) is 11.3 Å². The Bertz CT molecular complexity index is 1310. The van der Waals surface area contributed by atoms with Crippen molar-refractivity contribution in [2.45, 2.75) is 33.0 Å². The summed E-state index contributed by atoms with van der Waals surface area (Å²) < 4.78 is 31.1. The van der Waals surface area contributed by atoms with Crippen molar-refractivity contribution in [2.24, 2.45) is 0 Å². The summed E-state index contributed by atoms with van der Waals surface area (Å²) in [7, 11) is 0. The van der Waals surface area contributed by atoms with Crippen LogP contribution in [-0.4, -0.2) is 27.3 Å². The Kier molecular flexibility index (Phi) is 4.93. The Morgan fingerprint density at radius 1 is 1.13 bits per heavy atom. The minimum atomic E-state index is -1.27. The number of rotatable bonds is 4. The lowest BCUT2D eigenvalue weighted by molar-refractivity contribution is 0.0513. The number of aromatic nitrogens is 1. The van der Waals surface area contributed by atoms with Gasteiger partial charge in [-0.25, -0.2) is 18.5 Å². The number of carbonyl (C=O) groups is 2. The second-order valence-corrected chi connectivity index (χ2v) is 8.03. The summed E-state index contributed by atoms with van der Waals surface area (Å²) in [6.45, 7) is 5.21. The van der Waals surface area contributed by atoms with Crippen molar-refractivity contribution in [1.82, 2.24) is 4.57 Å². The van der Waals surface area contributed by atoms with Gasteiger partial charge < -0.3 is 19.0 Å². The van der Waals surface area contributed by atoms with Crippen molar-refractivity contribution < 1.29 is 33.0 Å². The van der Waals surface area contributed by atoms with Crippen molar-refractivity contribution in [3.8, 4) is 5.75 Å². The molecule has 31 heavy (non-hydrogen) atoms. The smallest absolute Gasteiger partial charge is 0.419 e. The molecule has 7 nitrogen and oxygen atoms in total. The molecule has 0 bridgehead atoms. The van der Waals surface area contributed by atoms with Gasteiger partial charge in [0.15, 0.2) is 0 Å². The fraction of sp³-hybridized carbons (Fsp3) is 0.217. The van der Waals surface area contributed by atoms with E-state index in [2.05, 4.69) is 0 Å². The lowest BCUT2D eigenvalue weighted by atomic mass is 10.2. The van der Waals surface area contributed by atoms with Crippen molar-refractivity contribution in [3.63, 3.8) is 0 Å². The maximum Gasteiger partial charge on any atom is 0.419 e. The van der Waals surface area contributed by atoms with E-state index in [1.165, 1.54) is 24.5 Å². The van der Waals surface area contributed by atoms with Gasteiger partial charge in [-0.15, -0.1) is 0 Å². The molecule has 4 aromatic rings. The van der Waals surface area contributed by atoms with E-state index in [0.717, 1.165) is 4.57 Å². The Labute approximate surface area is 176 Å². The number of fused-ring (bicyclic) bond motifs is 2. The number of ether oxygens (including phenoxy) is 2. The molecule has 1 N–H and O–H groups in total. The highest BCUT2D eigenvalue weighted by atomic mass is 19.1. The molecular weight excluding hydrogens is 405 g/mol. The summed E-state index contributed by atoms with van der Waals surface area (Å²) in [5.74, 6) is -1.28. The first-order valence-corrected chi connectivity index (χ1v) is 9.53. The average molecular weight is 425 g/mol. The first-order chi connectivity index (χ1) is 14.6. The summed E-state index contributed by atoms with van der Waals surface area (Å²) >= 11 is 0. The number of nitrogens with zero attached hydrogens (tertiary/aromatic N) is 1. The second kappa shape index (κ2) is 7.46. The summed E-state index contributed by atoms with van der Waals surface area (Å²) in [5, 5.41) is 10.8. The number of aromatic carboxylic acids is 1. The molecule has 0 saturated carbocycles. The van der Waals surface area contributed by atoms with Crippen LogP contribution in [0.1, 0.15) is 36.8 Å². The highest BCUT2D eigenvalue weighted by molar-refractivity contribution is 6.02. The van der Waals surface area contributed by atoms with Gasteiger partial charge in [0.25, 0.3) is 0 Å². The van der Waals surface area contributed by atoms with Crippen molar-refractivity contribution in [2.75, 3.05) is 0 Å². The van der Waals surface area contributed by atoms with Crippen molar-refractivity contribution >= 4 is 33.9 Å². The summed E-state index contributed by atoms with van der Waals surface area (Å²) in [4.78, 5) is 24.5. The minimum Gasteiger partial charge on any atom is -0.488 e. The Morgan fingerprint density at radius 2 is 1.90 bits per heavy atom. The molecule has 0 radical (unpaired) electrons. The molecule has 2 aromatic heterocycles. The minimum absolute atomic E-state index is 0.109. The standard InChI is InChI=1S/C23H20FNO6/c1-23(2,3)31-22(28)25-17-5-4-6-19(16(17)10-18(25)21(26)27)29-11-13-12-30-20-9-14(24)7-8-15(13)20/h4-10,12H,11H2,1-3H3,(H,26,27). The van der Waals surface area contributed by atoms with Crippen LogP contribution < -0.4 is 4.74 Å². The fourth-order valence-electron chi connectivity index (χ4n) is 3.32. The Balaban J connectivity index is 1.71. The van der Waals surface area contributed by atoms with Gasteiger partial charge in [-0.05, 0) is 51.1 Å². The Morgan fingerprint density at radius 3 is 2.61 bits per heavy atom. The topological polar surface area (TPSA) is 90.9 Å². The molecule has 160 valence electrons. The van der Waals surface area contributed by atoms with Gasteiger partial charge in [0.1, 0.15) is 35.1 Å². The monoisotopic (exact) mass is 425 g/mol. The molecule has 4 rings (SSSR count). The SMILES string of the molecule is CC(C)(C)OC(=O)n1c(C(=O)O)cc2c(OCc3coc4cc(F)ccc34)cccc21. The molecule has 0 saturated heterocycles. The zero-order valence-corrected chi connectivity index (χ0v) is 17.1. The van der Waals surface area contributed by atoms with E-state index < -0.39 is 23.5 Å². The van der Waals surface area contributed by atoms with Crippen LogP contribution in [0.25, 0.3) is 21.9 Å². The van der Waals surface area contributed by atoms with Crippen LogP contribution in [0.15, 0.2) is 53.1 Å². The van der Waals surface area contributed by atoms with E-state index in [-0.39, 0.29) is 12.3 Å². The van der Waals surface area contributed by atoms with Crippen LogP contribution in [0.4, 0.5) is 9.18 Å². The molecule has 0 unspecified atom stereocenters. The van der Waals surface area contributed by atoms with E-state index in [1.54, 1.807) is 45.0 Å². The van der Waals surface area contributed by atoms with Gasteiger partial charge in [-0.1, -0.05) is 6.07 Å². The molecule has 0 aliphatic heterocycles. The number of carboxylic acids is 1. The lowest BCUT2D eigenvalue weighted by Gasteiger charge is -2.20. The highest BCUT2D eigenvalue weighted by Gasteiger charge is 2.26.